The first-order valence-corrected chi connectivity index (χ1v) is 4.40. The molecule has 2 amide bonds. The van der Waals surface area contributed by atoms with Gasteiger partial charge in [-0.1, -0.05) is 0 Å². The number of amides is 2. The van der Waals surface area contributed by atoms with Crippen molar-refractivity contribution in [1.29, 1.82) is 0 Å². The number of ether oxygens (including phenoxy) is 1. The van der Waals surface area contributed by atoms with Crippen LogP contribution in [0, 0.1) is 0 Å². The van der Waals surface area contributed by atoms with Gasteiger partial charge in [0.25, 0.3) is 0 Å². The molecule has 16 heavy (non-hydrogen) atoms. The predicted molar refractivity (Wildman–Crippen MR) is 57.9 cm³/mol. The number of hydrogen-bond acceptors (Lipinski definition) is 4. The number of hydrazone groups is 1. The van der Waals surface area contributed by atoms with E-state index in [1.54, 1.807) is 31.4 Å². The fourth-order valence-corrected chi connectivity index (χ4v) is 0.911. The monoisotopic (exact) mass is 221 g/mol. The van der Waals surface area contributed by atoms with E-state index in [9.17, 15) is 9.59 Å². The van der Waals surface area contributed by atoms with Crippen molar-refractivity contribution in [2.75, 3.05) is 7.11 Å². The van der Waals surface area contributed by atoms with Gasteiger partial charge in [-0.15, -0.1) is 0 Å². The third kappa shape index (κ3) is 3.41. The Labute approximate surface area is 92.1 Å². The van der Waals surface area contributed by atoms with Crippen molar-refractivity contribution in [2.24, 2.45) is 10.8 Å². The molecule has 0 aliphatic carbocycles. The number of methoxy groups -OCH3 is 1. The summed E-state index contributed by atoms with van der Waals surface area (Å²) in [6.07, 6.45) is 1.39. The van der Waals surface area contributed by atoms with Crippen LogP contribution < -0.4 is 15.9 Å². The average Bonchev–Trinajstić information content (AvgIpc) is 2.29. The minimum atomic E-state index is -1.08. The maximum absolute atomic E-state index is 10.7. The van der Waals surface area contributed by atoms with E-state index >= 15 is 0 Å². The predicted octanol–water partition coefficient (Wildman–Crippen LogP) is -0.369. The zero-order valence-electron chi connectivity index (χ0n) is 8.64. The highest BCUT2D eigenvalue weighted by atomic mass is 16.5. The third-order valence-corrected chi connectivity index (χ3v) is 1.72. The zero-order chi connectivity index (χ0) is 12.0. The molecule has 0 saturated carbocycles. The van der Waals surface area contributed by atoms with Crippen LogP contribution in [-0.4, -0.2) is 25.1 Å². The molecule has 0 atom stereocenters. The van der Waals surface area contributed by atoms with Crippen LogP contribution in [0.4, 0.5) is 0 Å². The van der Waals surface area contributed by atoms with Crippen molar-refractivity contribution in [1.82, 2.24) is 5.43 Å². The number of carbonyl (C=O) groups is 2. The Bertz CT molecular complexity index is 412. The second-order valence-corrected chi connectivity index (χ2v) is 2.84. The van der Waals surface area contributed by atoms with Gasteiger partial charge in [-0.05, 0) is 29.8 Å². The summed E-state index contributed by atoms with van der Waals surface area (Å²) in [5.41, 5.74) is 7.45. The molecule has 0 fully saturated rings. The summed E-state index contributed by atoms with van der Waals surface area (Å²) in [6.45, 7) is 0. The Kier molecular flexibility index (Phi) is 4.02. The van der Waals surface area contributed by atoms with E-state index in [2.05, 4.69) is 5.10 Å². The summed E-state index contributed by atoms with van der Waals surface area (Å²) in [6, 6.07) is 6.99. The van der Waals surface area contributed by atoms with Crippen LogP contribution in [0.15, 0.2) is 29.4 Å². The summed E-state index contributed by atoms with van der Waals surface area (Å²) < 4.78 is 4.97. The quantitative estimate of drug-likeness (QED) is 0.414. The Morgan fingerprint density at radius 3 is 2.50 bits per heavy atom. The van der Waals surface area contributed by atoms with Gasteiger partial charge in [0.05, 0.1) is 13.3 Å². The van der Waals surface area contributed by atoms with Gasteiger partial charge in [0, 0.05) is 0 Å². The van der Waals surface area contributed by atoms with Gasteiger partial charge in [0.1, 0.15) is 5.75 Å². The number of nitrogens with one attached hydrogen (secondary N) is 1. The van der Waals surface area contributed by atoms with Gasteiger partial charge in [-0.25, -0.2) is 5.43 Å². The molecule has 0 saturated heterocycles. The lowest BCUT2D eigenvalue weighted by molar-refractivity contribution is -0.137. The molecule has 0 heterocycles. The number of carbonyl (C=O) groups excluding carboxylic acids is 2. The van der Waals surface area contributed by atoms with E-state index in [0.29, 0.717) is 0 Å². The molecule has 84 valence electrons. The van der Waals surface area contributed by atoms with Gasteiger partial charge in [0.15, 0.2) is 0 Å². The zero-order valence-corrected chi connectivity index (χ0v) is 8.64. The highest BCUT2D eigenvalue weighted by Crippen LogP contribution is 2.09. The Balaban J connectivity index is 2.56. The molecule has 6 nitrogen and oxygen atoms in total. The van der Waals surface area contributed by atoms with Crippen LogP contribution in [0.3, 0.4) is 0 Å². The third-order valence-electron chi connectivity index (χ3n) is 1.72. The minimum absolute atomic E-state index is 0.721. The number of primary amides is 1. The summed E-state index contributed by atoms with van der Waals surface area (Å²) in [5, 5.41) is 3.55. The number of nitrogens with zero attached hydrogens (tertiary/aromatic N) is 1. The van der Waals surface area contributed by atoms with Crippen molar-refractivity contribution in [3.05, 3.63) is 29.8 Å². The summed E-state index contributed by atoms with van der Waals surface area (Å²) in [7, 11) is 1.57. The van der Waals surface area contributed by atoms with E-state index in [4.69, 9.17) is 10.5 Å². The molecule has 0 radical (unpaired) electrons. The van der Waals surface area contributed by atoms with Crippen LogP contribution in [0.2, 0.25) is 0 Å². The standard InChI is InChI=1S/C10H11N3O3/c1-16-8-4-2-7(3-5-8)6-12-13-10(15)9(11)14/h2-6H,1H3,(H2,11,14)(H,13,15). The molecule has 0 aliphatic heterocycles. The molecule has 1 rings (SSSR count). The van der Waals surface area contributed by atoms with Crippen molar-refractivity contribution in [3.8, 4) is 5.75 Å². The fraction of sp³-hybridized carbons (Fsp3) is 0.100. The minimum Gasteiger partial charge on any atom is -0.497 e. The second kappa shape index (κ2) is 5.50. The number of benzene rings is 1. The smallest absolute Gasteiger partial charge is 0.329 e. The van der Waals surface area contributed by atoms with Crippen molar-refractivity contribution >= 4 is 18.0 Å². The molecular weight excluding hydrogens is 210 g/mol. The van der Waals surface area contributed by atoms with Crippen LogP contribution in [0.1, 0.15) is 5.56 Å². The Morgan fingerprint density at radius 2 is 2.00 bits per heavy atom. The van der Waals surface area contributed by atoms with Gasteiger partial charge in [-0.2, -0.15) is 5.10 Å². The fourth-order valence-electron chi connectivity index (χ4n) is 0.911. The van der Waals surface area contributed by atoms with Crippen LogP contribution in [0.5, 0.6) is 5.75 Å². The lowest BCUT2D eigenvalue weighted by Crippen LogP contribution is -2.32. The molecule has 1 aromatic carbocycles. The molecule has 3 N–H and O–H groups in total. The van der Waals surface area contributed by atoms with Gasteiger partial charge in [-0.3, -0.25) is 9.59 Å². The SMILES string of the molecule is COc1ccc(C=NNC(=O)C(N)=O)cc1. The van der Waals surface area contributed by atoms with E-state index in [0.717, 1.165) is 11.3 Å². The van der Waals surface area contributed by atoms with Gasteiger partial charge in [0.2, 0.25) is 0 Å². The number of nitrogens with two attached hydrogens (primary N) is 1. The lowest BCUT2D eigenvalue weighted by atomic mass is 10.2. The summed E-state index contributed by atoms with van der Waals surface area (Å²) >= 11 is 0. The highest BCUT2D eigenvalue weighted by molar-refractivity contribution is 6.34. The molecule has 0 aromatic heterocycles. The van der Waals surface area contributed by atoms with Crippen LogP contribution in [0.25, 0.3) is 0 Å². The molecule has 0 aliphatic rings. The largest absolute Gasteiger partial charge is 0.497 e. The summed E-state index contributed by atoms with van der Waals surface area (Å²) in [5.74, 6) is -1.31. The first-order chi connectivity index (χ1) is 7.63. The first-order valence-electron chi connectivity index (χ1n) is 4.40. The van der Waals surface area contributed by atoms with E-state index in [-0.39, 0.29) is 0 Å². The maximum Gasteiger partial charge on any atom is 0.329 e. The molecule has 1 aromatic rings. The average molecular weight is 221 g/mol. The van der Waals surface area contributed by atoms with Gasteiger partial charge >= 0.3 is 11.8 Å². The molecule has 0 spiro atoms. The normalized spacial score (nSPS) is 10.1. The van der Waals surface area contributed by atoms with Crippen molar-refractivity contribution in [2.45, 2.75) is 0 Å². The van der Waals surface area contributed by atoms with Crippen molar-refractivity contribution < 1.29 is 14.3 Å². The molecule has 0 bridgehead atoms. The Morgan fingerprint density at radius 1 is 1.38 bits per heavy atom. The molecule has 0 unspecified atom stereocenters. The topological polar surface area (TPSA) is 93.8 Å². The maximum atomic E-state index is 10.7. The van der Waals surface area contributed by atoms with Crippen LogP contribution >= 0.6 is 0 Å². The second-order valence-electron chi connectivity index (χ2n) is 2.84. The van der Waals surface area contributed by atoms with Gasteiger partial charge < -0.3 is 10.5 Å². The lowest BCUT2D eigenvalue weighted by Gasteiger charge is -1.98. The first kappa shape index (κ1) is 11.7. The van der Waals surface area contributed by atoms with E-state index < -0.39 is 11.8 Å². The van der Waals surface area contributed by atoms with E-state index in [1.807, 2.05) is 5.43 Å². The molecular formula is C10H11N3O3. The van der Waals surface area contributed by atoms with Crippen LogP contribution in [-0.2, 0) is 9.59 Å². The number of hydrogen-bond donors (Lipinski definition) is 2. The number of rotatable bonds is 3. The van der Waals surface area contributed by atoms with E-state index in [1.165, 1.54) is 6.21 Å². The summed E-state index contributed by atoms with van der Waals surface area (Å²) in [4.78, 5) is 21.1. The van der Waals surface area contributed by atoms with Crippen molar-refractivity contribution in [3.63, 3.8) is 0 Å². The Hall–Kier alpha value is -2.37. The molecule has 6 heteroatoms. The highest BCUT2D eigenvalue weighted by Gasteiger charge is 2.05.